The van der Waals surface area contributed by atoms with Crippen molar-refractivity contribution >= 4 is 55.7 Å². The molecule has 0 aliphatic rings. The fourth-order valence-electron chi connectivity index (χ4n) is 2.21. The van der Waals surface area contributed by atoms with Gasteiger partial charge >= 0.3 is 0 Å². The van der Waals surface area contributed by atoms with Crippen LogP contribution < -0.4 is 5.56 Å². The minimum atomic E-state index is -0.116. The molecule has 7 heteroatoms. The van der Waals surface area contributed by atoms with Gasteiger partial charge in [-0.2, -0.15) is 0 Å². The first kappa shape index (κ1) is 17.1. The molecule has 0 aliphatic carbocycles. The van der Waals surface area contributed by atoms with E-state index in [1.54, 1.807) is 28.8 Å². The lowest BCUT2D eigenvalue weighted by molar-refractivity contribution is 0.102. The van der Waals surface area contributed by atoms with Crippen molar-refractivity contribution in [2.45, 2.75) is 11.7 Å². The number of ketones is 1. The molecule has 0 saturated heterocycles. The Balaban J connectivity index is 1.93. The maximum atomic E-state index is 12.6. The summed E-state index contributed by atoms with van der Waals surface area (Å²) in [5.41, 5.74) is 0.519. The van der Waals surface area contributed by atoms with Crippen LogP contribution in [0.4, 0.5) is 0 Å². The van der Waals surface area contributed by atoms with Gasteiger partial charge in [-0.25, -0.2) is 4.98 Å². The number of allylic oxidation sites excluding steroid dienone is 1. The number of hydrogen-bond acceptors (Lipinski definition) is 5. The van der Waals surface area contributed by atoms with Gasteiger partial charge in [-0.3, -0.25) is 14.2 Å². The van der Waals surface area contributed by atoms with E-state index in [-0.39, 0.29) is 17.1 Å². The van der Waals surface area contributed by atoms with Gasteiger partial charge in [0, 0.05) is 6.54 Å². The standard InChI is InChI=1S/C17H13BrN2O2S2/c1-2-9-20-16(22)11-5-3-4-6-12(11)19-17(20)23-10-13(21)14-7-8-15(18)24-14/h2-8H,1,9-10H2. The number of benzene rings is 1. The number of hydrogen-bond donors (Lipinski definition) is 0. The Morgan fingerprint density at radius 2 is 2.12 bits per heavy atom. The lowest BCUT2D eigenvalue weighted by atomic mass is 10.2. The highest BCUT2D eigenvalue weighted by Crippen LogP contribution is 2.25. The number of fused-ring (bicyclic) bond motifs is 1. The summed E-state index contributed by atoms with van der Waals surface area (Å²) >= 11 is 6.03. The smallest absolute Gasteiger partial charge is 0.262 e. The average molecular weight is 421 g/mol. The van der Waals surface area contributed by atoms with E-state index in [0.29, 0.717) is 27.5 Å². The number of carbonyl (C=O) groups is 1. The number of carbonyl (C=O) groups excluding carboxylic acids is 1. The zero-order valence-corrected chi connectivity index (χ0v) is 15.8. The molecule has 0 aliphatic heterocycles. The van der Waals surface area contributed by atoms with Gasteiger partial charge in [0.25, 0.3) is 5.56 Å². The summed E-state index contributed by atoms with van der Waals surface area (Å²) in [4.78, 5) is 30.1. The normalized spacial score (nSPS) is 10.9. The lowest BCUT2D eigenvalue weighted by Crippen LogP contribution is -2.23. The molecule has 122 valence electrons. The first-order valence-corrected chi connectivity index (χ1v) is 9.71. The number of thiophene rings is 1. The second-order valence-corrected chi connectivity index (χ2v) is 8.34. The minimum Gasteiger partial charge on any atom is -0.292 e. The van der Waals surface area contributed by atoms with Crippen molar-refractivity contribution in [3.63, 3.8) is 0 Å². The second-order valence-electron chi connectivity index (χ2n) is 4.93. The number of aromatic nitrogens is 2. The molecule has 0 N–H and O–H groups in total. The van der Waals surface area contributed by atoms with Gasteiger partial charge < -0.3 is 0 Å². The van der Waals surface area contributed by atoms with Gasteiger partial charge in [0.1, 0.15) is 0 Å². The van der Waals surface area contributed by atoms with Crippen molar-refractivity contribution in [1.29, 1.82) is 0 Å². The third-order valence-electron chi connectivity index (χ3n) is 3.32. The Hall–Kier alpha value is -1.70. The molecular formula is C17H13BrN2O2S2. The highest BCUT2D eigenvalue weighted by atomic mass is 79.9. The van der Waals surface area contributed by atoms with Gasteiger partial charge in [0.2, 0.25) is 0 Å². The van der Waals surface area contributed by atoms with Gasteiger partial charge in [-0.15, -0.1) is 17.9 Å². The van der Waals surface area contributed by atoms with Gasteiger partial charge in [-0.05, 0) is 40.2 Å². The average Bonchev–Trinajstić information content (AvgIpc) is 3.02. The van der Waals surface area contributed by atoms with Crippen LogP contribution in [-0.2, 0) is 6.54 Å². The minimum absolute atomic E-state index is 0.0169. The fourth-order valence-corrected chi connectivity index (χ4v) is 4.52. The summed E-state index contributed by atoms with van der Waals surface area (Å²) in [5, 5.41) is 1.10. The molecule has 24 heavy (non-hydrogen) atoms. The van der Waals surface area contributed by atoms with Crippen LogP contribution in [0.25, 0.3) is 10.9 Å². The van der Waals surface area contributed by atoms with Crippen molar-refractivity contribution in [3.8, 4) is 0 Å². The lowest BCUT2D eigenvalue weighted by Gasteiger charge is -2.10. The molecule has 0 amide bonds. The molecule has 0 unspecified atom stereocenters. The van der Waals surface area contributed by atoms with E-state index in [1.807, 2.05) is 18.2 Å². The summed E-state index contributed by atoms with van der Waals surface area (Å²) in [7, 11) is 0. The third kappa shape index (κ3) is 3.53. The molecule has 1 aromatic carbocycles. The molecule has 0 bridgehead atoms. The Morgan fingerprint density at radius 3 is 2.83 bits per heavy atom. The zero-order valence-electron chi connectivity index (χ0n) is 12.6. The number of Topliss-reactive ketones (excluding diaryl/α,β-unsaturated/α-hetero) is 1. The van der Waals surface area contributed by atoms with Crippen LogP contribution in [0.1, 0.15) is 9.67 Å². The second kappa shape index (κ2) is 7.46. The molecule has 2 heterocycles. The van der Waals surface area contributed by atoms with E-state index in [9.17, 15) is 9.59 Å². The molecule has 3 aromatic rings. The Bertz CT molecular complexity index is 978. The number of halogens is 1. The number of rotatable bonds is 6. The zero-order chi connectivity index (χ0) is 17.1. The number of nitrogens with zero attached hydrogens (tertiary/aromatic N) is 2. The predicted octanol–water partition coefficient (Wildman–Crippen LogP) is 4.38. The highest BCUT2D eigenvalue weighted by Gasteiger charge is 2.14. The van der Waals surface area contributed by atoms with Crippen LogP contribution in [0.2, 0.25) is 0 Å². The van der Waals surface area contributed by atoms with Gasteiger partial charge in [0.05, 0.1) is 25.3 Å². The molecule has 0 saturated carbocycles. The van der Waals surface area contributed by atoms with E-state index in [0.717, 1.165) is 3.79 Å². The van der Waals surface area contributed by atoms with Crippen LogP contribution in [0, 0.1) is 0 Å². The summed E-state index contributed by atoms with van der Waals surface area (Å²) in [5.74, 6) is 0.248. The number of para-hydroxylation sites is 1. The van der Waals surface area contributed by atoms with E-state index in [1.165, 1.54) is 23.1 Å². The molecule has 4 nitrogen and oxygen atoms in total. The first-order chi connectivity index (χ1) is 11.6. The molecule has 0 fully saturated rings. The Kier molecular flexibility index (Phi) is 5.33. The van der Waals surface area contributed by atoms with E-state index < -0.39 is 0 Å². The van der Waals surface area contributed by atoms with Crippen molar-refractivity contribution < 1.29 is 4.79 Å². The summed E-state index contributed by atoms with van der Waals surface area (Å²) in [6.07, 6.45) is 1.65. The highest BCUT2D eigenvalue weighted by molar-refractivity contribution is 9.11. The molecular weight excluding hydrogens is 408 g/mol. The van der Waals surface area contributed by atoms with Crippen LogP contribution in [0.3, 0.4) is 0 Å². The van der Waals surface area contributed by atoms with Crippen LogP contribution in [-0.4, -0.2) is 21.1 Å². The van der Waals surface area contributed by atoms with Crippen molar-refractivity contribution in [1.82, 2.24) is 9.55 Å². The molecule has 0 spiro atoms. The third-order valence-corrected chi connectivity index (χ3v) is 5.96. The van der Waals surface area contributed by atoms with Crippen molar-refractivity contribution in [2.75, 3.05) is 5.75 Å². The quantitative estimate of drug-likeness (QED) is 0.257. The first-order valence-electron chi connectivity index (χ1n) is 7.12. The summed E-state index contributed by atoms with van der Waals surface area (Å²) in [6.45, 7) is 4.06. The fraction of sp³-hybridized carbons (Fsp3) is 0.118. The topological polar surface area (TPSA) is 52.0 Å². The maximum absolute atomic E-state index is 12.6. The van der Waals surface area contributed by atoms with Gasteiger partial charge in [0.15, 0.2) is 10.9 Å². The Morgan fingerprint density at radius 1 is 1.33 bits per heavy atom. The molecule has 0 atom stereocenters. The largest absolute Gasteiger partial charge is 0.292 e. The monoisotopic (exact) mass is 420 g/mol. The molecule has 2 aromatic heterocycles. The maximum Gasteiger partial charge on any atom is 0.262 e. The SMILES string of the molecule is C=CCn1c(SCC(=O)c2ccc(Br)s2)nc2ccccc2c1=O. The summed E-state index contributed by atoms with van der Waals surface area (Å²) in [6, 6.07) is 10.9. The van der Waals surface area contributed by atoms with E-state index in [2.05, 4.69) is 27.5 Å². The van der Waals surface area contributed by atoms with Crippen LogP contribution in [0.5, 0.6) is 0 Å². The molecule has 0 radical (unpaired) electrons. The Labute approximate surface area is 155 Å². The number of thioether (sulfide) groups is 1. The van der Waals surface area contributed by atoms with Crippen LogP contribution in [0.15, 0.2) is 62.8 Å². The van der Waals surface area contributed by atoms with Crippen LogP contribution >= 0.6 is 39.0 Å². The van der Waals surface area contributed by atoms with Crippen molar-refractivity contribution in [2.24, 2.45) is 0 Å². The van der Waals surface area contributed by atoms with E-state index in [4.69, 9.17) is 0 Å². The van der Waals surface area contributed by atoms with Crippen molar-refractivity contribution in [3.05, 3.63) is 68.1 Å². The summed E-state index contributed by atoms with van der Waals surface area (Å²) < 4.78 is 2.47. The van der Waals surface area contributed by atoms with E-state index >= 15 is 0 Å². The molecule has 3 rings (SSSR count). The van der Waals surface area contributed by atoms with Gasteiger partial charge in [-0.1, -0.05) is 30.0 Å². The predicted molar refractivity (Wildman–Crippen MR) is 103 cm³/mol.